The van der Waals surface area contributed by atoms with E-state index >= 15 is 0 Å². The van der Waals surface area contributed by atoms with Gasteiger partial charge in [-0.25, -0.2) is 13.8 Å². The van der Waals surface area contributed by atoms with Crippen LogP contribution in [0.2, 0.25) is 0 Å². The van der Waals surface area contributed by atoms with E-state index in [-0.39, 0.29) is 18.2 Å². The molecule has 10 heteroatoms. The highest BCUT2D eigenvalue weighted by molar-refractivity contribution is 5.90. The van der Waals surface area contributed by atoms with Crippen LogP contribution in [0.15, 0.2) is 84.1 Å². The SMILES string of the molecule is Cn1ccc(=NC(=O)Cn2ccc(-c3ccccc3F)n2)c2c1-c1c(O)[nH]c3c1=C(C=C2)N(c1ccc(F)cc1)CC=3. The molecule has 0 atom stereocenters. The van der Waals surface area contributed by atoms with Gasteiger partial charge in [0.1, 0.15) is 18.2 Å². The molecule has 0 saturated carbocycles. The molecule has 2 N–H and O–H groups in total. The zero-order valence-electron chi connectivity index (χ0n) is 22.4. The lowest BCUT2D eigenvalue weighted by Gasteiger charge is -2.26. The lowest BCUT2D eigenvalue weighted by molar-refractivity contribution is -0.118. The Morgan fingerprint density at radius 2 is 1.86 bits per heavy atom. The van der Waals surface area contributed by atoms with E-state index in [1.807, 2.05) is 34.7 Å². The van der Waals surface area contributed by atoms with Crippen molar-refractivity contribution in [2.75, 3.05) is 11.4 Å². The normalized spacial score (nSPS) is 13.9. The van der Waals surface area contributed by atoms with Crippen molar-refractivity contribution in [3.8, 4) is 28.4 Å². The number of hydrogen-bond acceptors (Lipinski definition) is 4. The summed E-state index contributed by atoms with van der Waals surface area (Å²) in [7, 11) is 1.86. The number of H-pyrrole nitrogens is 1. The monoisotopic (exact) mass is 562 g/mol. The van der Waals surface area contributed by atoms with Crippen LogP contribution in [-0.2, 0) is 18.4 Å². The molecule has 0 radical (unpaired) electrons. The lowest BCUT2D eigenvalue weighted by atomic mass is 10.1. The van der Waals surface area contributed by atoms with Gasteiger partial charge in [-0.3, -0.25) is 9.48 Å². The number of aromatic amines is 1. The van der Waals surface area contributed by atoms with Crippen LogP contribution >= 0.6 is 0 Å². The Morgan fingerprint density at radius 3 is 2.67 bits per heavy atom. The van der Waals surface area contributed by atoms with Crippen molar-refractivity contribution >= 4 is 29.4 Å². The van der Waals surface area contributed by atoms with E-state index in [9.17, 15) is 18.7 Å². The number of rotatable bonds is 4. The Hall–Kier alpha value is -5.51. The number of carbonyl (C=O) groups is 1. The fourth-order valence-corrected chi connectivity index (χ4v) is 5.57. The summed E-state index contributed by atoms with van der Waals surface area (Å²) in [4.78, 5) is 22.7. The molecular weight excluding hydrogens is 538 g/mol. The standard InChI is InChI=1S/C32H24F2N6O2/c1-38-15-12-24(35-28(41)18-39-16-13-25(37-39)21-4-2-3-5-23(21)34)22-10-11-27-29-26(36-32(42)30(29)31(22)38)14-17-40(27)20-8-6-19(33)7-9-20/h2-16,36,42H,17-18H2,1H3. The molecule has 4 heterocycles. The van der Waals surface area contributed by atoms with Crippen LogP contribution in [0.25, 0.3) is 40.4 Å². The first-order chi connectivity index (χ1) is 20.4. The molecule has 1 aliphatic carbocycles. The highest BCUT2D eigenvalue weighted by Gasteiger charge is 2.26. The number of nitrogens with one attached hydrogen (secondary N) is 1. The van der Waals surface area contributed by atoms with Crippen LogP contribution < -0.4 is 20.8 Å². The molecule has 0 unspecified atom stereocenters. The van der Waals surface area contributed by atoms with Crippen LogP contribution in [-0.4, -0.2) is 36.9 Å². The summed E-state index contributed by atoms with van der Waals surface area (Å²) in [6.45, 7) is 0.373. The minimum Gasteiger partial charge on any atom is -0.494 e. The van der Waals surface area contributed by atoms with E-state index in [0.29, 0.717) is 40.0 Å². The predicted molar refractivity (Wildman–Crippen MR) is 155 cm³/mol. The van der Waals surface area contributed by atoms with Gasteiger partial charge in [-0.05, 0) is 66.8 Å². The summed E-state index contributed by atoms with van der Waals surface area (Å²) < 4.78 is 31.2. The molecule has 0 saturated heterocycles. The molecule has 0 spiro atoms. The van der Waals surface area contributed by atoms with Gasteiger partial charge in [0.05, 0.1) is 28.0 Å². The largest absolute Gasteiger partial charge is 0.494 e. The molecule has 7 rings (SSSR count). The smallest absolute Gasteiger partial charge is 0.267 e. The van der Waals surface area contributed by atoms with E-state index in [4.69, 9.17) is 0 Å². The van der Waals surface area contributed by atoms with Crippen molar-refractivity contribution < 1.29 is 18.7 Å². The molecule has 8 nitrogen and oxygen atoms in total. The van der Waals surface area contributed by atoms with Crippen molar-refractivity contribution in [2.24, 2.45) is 12.0 Å². The van der Waals surface area contributed by atoms with Crippen LogP contribution in [0.3, 0.4) is 0 Å². The number of halogens is 2. The third-order valence-electron chi connectivity index (χ3n) is 7.49. The second-order valence-corrected chi connectivity index (χ2v) is 10.1. The fraction of sp³-hybridized carbons (Fsp3) is 0.0938. The van der Waals surface area contributed by atoms with E-state index in [1.165, 1.54) is 22.9 Å². The number of aromatic hydroxyl groups is 1. The Balaban J connectivity index is 1.30. The minimum absolute atomic E-state index is 0.00375. The average molecular weight is 563 g/mol. The van der Waals surface area contributed by atoms with Gasteiger partial charge in [0, 0.05) is 53.4 Å². The second-order valence-electron chi connectivity index (χ2n) is 10.1. The number of pyridine rings is 1. The predicted octanol–water partition coefficient (Wildman–Crippen LogP) is 3.43. The molecule has 2 aromatic carbocycles. The summed E-state index contributed by atoms with van der Waals surface area (Å²) >= 11 is 0. The Labute approximate surface area is 238 Å². The molecule has 5 aromatic rings. The first-order valence-corrected chi connectivity index (χ1v) is 13.3. The zero-order valence-corrected chi connectivity index (χ0v) is 22.4. The Bertz CT molecular complexity index is 2120. The van der Waals surface area contributed by atoms with Crippen molar-refractivity contribution in [1.82, 2.24) is 19.3 Å². The highest BCUT2D eigenvalue weighted by atomic mass is 19.1. The Kier molecular flexibility index (Phi) is 5.97. The number of aryl methyl sites for hydroxylation is 1. The number of nitrogens with zero attached hydrogens (tertiary/aromatic N) is 5. The maximum Gasteiger partial charge on any atom is 0.267 e. The van der Waals surface area contributed by atoms with Crippen molar-refractivity contribution in [3.63, 3.8) is 0 Å². The van der Waals surface area contributed by atoms with Crippen LogP contribution in [0.1, 0.15) is 5.56 Å². The van der Waals surface area contributed by atoms with Gasteiger partial charge in [-0.2, -0.15) is 5.10 Å². The first-order valence-electron chi connectivity index (χ1n) is 13.3. The molecule has 208 valence electrons. The van der Waals surface area contributed by atoms with Gasteiger partial charge >= 0.3 is 0 Å². The number of hydrogen-bond donors (Lipinski definition) is 2. The van der Waals surface area contributed by atoms with Gasteiger partial charge in [0.2, 0.25) is 0 Å². The summed E-state index contributed by atoms with van der Waals surface area (Å²) in [6.07, 6.45) is 9.18. The van der Waals surface area contributed by atoms with Gasteiger partial charge in [-0.15, -0.1) is 0 Å². The first kappa shape index (κ1) is 25.5. The molecular formula is C32H24F2N6O2. The third kappa shape index (κ3) is 4.24. The number of amides is 1. The van der Waals surface area contributed by atoms with Crippen LogP contribution in [0.5, 0.6) is 5.88 Å². The van der Waals surface area contributed by atoms with Gasteiger partial charge in [-0.1, -0.05) is 12.1 Å². The van der Waals surface area contributed by atoms with Crippen molar-refractivity contribution in [3.05, 3.63) is 112 Å². The number of fused-ring (bicyclic) bond motifs is 2. The number of anilines is 1. The molecule has 0 fully saturated rings. The van der Waals surface area contributed by atoms with Crippen molar-refractivity contribution in [2.45, 2.75) is 6.54 Å². The van der Waals surface area contributed by atoms with E-state index in [2.05, 4.69) is 15.1 Å². The van der Waals surface area contributed by atoms with Crippen LogP contribution in [0.4, 0.5) is 14.5 Å². The van der Waals surface area contributed by atoms with Crippen LogP contribution in [0, 0.1) is 11.6 Å². The zero-order chi connectivity index (χ0) is 29.0. The summed E-state index contributed by atoms with van der Waals surface area (Å²) in [5.41, 5.74) is 4.30. The minimum atomic E-state index is -0.444. The summed E-state index contributed by atoms with van der Waals surface area (Å²) in [5, 5.41) is 17.5. The maximum atomic E-state index is 14.2. The summed E-state index contributed by atoms with van der Waals surface area (Å²) in [5.74, 6) is -1.16. The number of carbonyl (C=O) groups excluding carboxylic acids is 1. The van der Waals surface area contributed by atoms with E-state index in [0.717, 1.165) is 22.0 Å². The molecule has 42 heavy (non-hydrogen) atoms. The number of benzene rings is 2. The molecule has 2 aliphatic rings. The molecule has 1 amide bonds. The fourth-order valence-electron chi connectivity index (χ4n) is 5.57. The topological polar surface area (TPSA) is 91.4 Å². The summed E-state index contributed by atoms with van der Waals surface area (Å²) in [6, 6.07) is 16.0. The molecule has 0 bridgehead atoms. The van der Waals surface area contributed by atoms with E-state index in [1.54, 1.807) is 54.9 Å². The third-order valence-corrected chi connectivity index (χ3v) is 7.49. The average Bonchev–Trinajstić information content (AvgIpc) is 3.51. The van der Waals surface area contributed by atoms with E-state index < -0.39 is 11.7 Å². The highest BCUT2D eigenvalue weighted by Crippen LogP contribution is 2.31. The van der Waals surface area contributed by atoms with Gasteiger partial charge in [0.15, 0.2) is 5.88 Å². The van der Waals surface area contributed by atoms with Gasteiger partial charge < -0.3 is 19.6 Å². The lowest BCUT2D eigenvalue weighted by Crippen LogP contribution is -2.39. The molecule has 3 aromatic heterocycles. The molecule has 1 aliphatic heterocycles. The van der Waals surface area contributed by atoms with Crippen molar-refractivity contribution in [1.29, 1.82) is 0 Å². The maximum absolute atomic E-state index is 14.2. The Morgan fingerprint density at radius 1 is 1.05 bits per heavy atom. The number of aromatic nitrogens is 4. The van der Waals surface area contributed by atoms with Gasteiger partial charge in [0.25, 0.3) is 5.91 Å². The quantitative estimate of drug-likeness (QED) is 0.351. The second kappa shape index (κ2) is 9.84.